The third kappa shape index (κ3) is 3.04. The van der Waals surface area contributed by atoms with Crippen LogP contribution in [0.15, 0.2) is 95.7 Å². The van der Waals surface area contributed by atoms with Gasteiger partial charge >= 0.3 is 0 Å². The Hall–Kier alpha value is -3.12. The molecule has 4 aromatic rings. The van der Waals surface area contributed by atoms with Gasteiger partial charge in [-0.3, -0.25) is 0 Å². The average Bonchev–Trinajstić information content (AvgIpc) is 3.66. The molecule has 0 radical (unpaired) electrons. The number of fused-ring (bicyclic) bond motifs is 3. The van der Waals surface area contributed by atoms with Crippen molar-refractivity contribution in [1.29, 1.82) is 0 Å². The molecule has 4 atom stereocenters. The number of benzene rings is 2. The Morgan fingerprint density at radius 1 is 0.515 bits per heavy atom. The Bertz CT molecular complexity index is 1230. The molecule has 0 amide bonds. The maximum Gasteiger partial charge on any atom is 0.211 e. The first-order chi connectivity index (χ1) is 16.4. The zero-order valence-electron chi connectivity index (χ0n) is 17.6. The van der Waals surface area contributed by atoms with Crippen LogP contribution in [0.1, 0.15) is 20.9 Å². The van der Waals surface area contributed by atoms with Crippen molar-refractivity contribution in [2.45, 2.75) is 12.6 Å². The number of thiophene rings is 2. The maximum atomic E-state index is 6.51. The molecule has 0 unspecified atom stereocenters. The van der Waals surface area contributed by atoms with E-state index in [0.717, 1.165) is 21.3 Å². The minimum atomic E-state index is -0.365. The second kappa shape index (κ2) is 7.73. The Morgan fingerprint density at radius 2 is 0.970 bits per heavy atom. The van der Waals surface area contributed by atoms with Crippen molar-refractivity contribution in [3.8, 4) is 0 Å². The van der Waals surface area contributed by atoms with Gasteiger partial charge in [0.25, 0.3) is 0 Å². The van der Waals surface area contributed by atoms with E-state index in [1.165, 1.54) is 22.3 Å². The standard InChI is InChI=1S/C28H20O3S2/c1-3-9-17(10-4-1)21-23-24-22(18-11-5-2-6-12-18)26(20-14-8-16-33-20)30-28(24)31-27(23)29-25(21)19-13-7-15-32-19/h1-16,23-24,27-28H/t23-,24-,27+,28+/m0/s1. The summed E-state index contributed by atoms with van der Waals surface area (Å²) in [6, 6.07) is 29.5. The molecule has 2 aromatic heterocycles. The predicted molar refractivity (Wildman–Crippen MR) is 133 cm³/mol. The molecule has 0 spiro atoms. The molecule has 1 fully saturated rings. The van der Waals surface area contributed by atoms with E-state index >= 15 is 0 Å². The topological polar surface area (TPSA) is 27.7 Å². The zero-order chi connectivity index (χ0) is 21.8. The van der Waals surface area contributed by atoms with Crippen molar-refractivity contribution in [1.82, 2.24) is 0 Å². The third-order valence-electron chi connectivity index (χ3n) is 6.53. The van der Waals surface area contributed by atoms with Gasteiger partial charge in [-0.1, -0.05) is 72.8 Å². The van der Waals surface area contributed by atoms with E-state index in [-0.39, 0.29) is 24.4 Å². The summed E-state index contributed by atoms with van der Waals surface area (Å²) in [4.78, 5) is 2.26. The van der Waals surface area contributed by atoms with E-state index in [9.17, 15) is 0 Å². The fraction of sp³-hybridized carbons (Fsp3) is 0.143. The number of rotatable bonds is 4. The van der Waals surface area contributed by atoms with Crippen molar-refractivity contribution in [2.24, 2.45) is 11.8 Å². The fourth-order valence-electron chi connectivity index (χ4n) is 5.22. The molecule has 0 saturated carbocycles. The van der Waals surface area contributed by atoms with Gasteiger partial charge < -0.3 is 14.2 Å². The lowest BCUT2D eigenvalue weighted by Gasteiger charge is -2.19. The molecule has 3 nitrogen and oxygen atoms in total. The van der Waals surface area contributed by atoms with Crippen LogP contribution in [-0.2, 0) is 14.2 Å². The van der Waals surface area contributed by atoms with Crippen LogP contribution in [0.3, 0.4) is 0 Å². The van der Waals surface area contributed by atoms with Crippen LogP contribution in [0.5, 0.6) is 0 Å². The Balaban J connectivity index is 1.43. The molecule has 33 heavy (non-hydrogen) atoms. The van der Waals surface area contributed by atoms with Crippen molar-refractivity contribution in [3.05, 3.63) is 117 Å². The molecule has 5 heteroatoms. The highest BCUT2D eigenvalue weighted by molar-refractivity contribution is 7.11. The molecule has 162 valence electrons. The summed E-state index contributed by atoms with van der Waals surface area (Å²) >= 11 is 3.40. The van der Waals surface area contributed by atoms with Gasteiger partial charge in [0.2, 0.25) is 12.6 Å². The van der Waals surface area contributed by atoms with Gasteiger partial charge in [0, 0.05) is 11.1 Å². The van der Waals surface area contributed by atoms with Crippen LogP contribution >= 0.6 is 22.7 Å². The summed E-state index contributed by atoms with van der Waals surface area (Å²) in [6.45, 7) is 0. The third-order valence-corrected chi connectivity index (χ3v) is 8.26. The molecule has 3 aliphatic rings. The van der Waals surface area contributed by atoms with Crippen molar-refractivity contribution < 1.29 is 14.2 Å². The number of hydrogen-bond acceptors (Lipinski definition) is 5. The second-order valence-corrected chi connectivity index (χ2v) is 10.2. The largest absolute Gasteiger partial charge is 0.462 e. The quantitative estimate of drug-likeness (QED) is 0.316. The SMILES string of the molecule is c1ccc(C2=C(c3cccs3)O[C@@H]3O[C@H]4OC(c5cccs5)=C(c5ccccc5)[C@H]4[C@H]23)cc1. The molecule has 5 heterocycles. The van der Waals surface area contributed by atoms with E-state index in [1.807, 2.05) is 0 Å². The molecule has 7 rings (SSSR count). The number of hydrogen-bond donors (Lipinski definition) is 0. The van der Waals surface area contributed by atoms with E-state index in [0.29, 0.717) is 0 Å². The second-order valence-electron chi connectivity index (χ2n) is 8.33. The highest BCUT2D eigenvalue weighted by atomic mass is 32.1. The molecule has 0 bridgehead atoms. The van der Waals surface area contributed by atoms with E-state index in [4.69, 9.17) is 14.2 Å². The molecule has 3 aliphatic heterocycles. The molecular formula is C28H20O3S2. The average molecular weight is 469 g/mol. The molecule has 1 saturated heterocycles. The van der Waals surface area contributed by atoms with Crippen LogP contribution < -0.4 is 0 Å². The lowest BCUT2D eigenvalue weighted by atomic mass is 9.78. The molecule has 2 aromatic carbocycles. The van der Waals surface area contributed by atoms with Gasteiger partial charge in [0.05, 0.1) is 21.6 Å². The molecular weight excluding hydrogens is 448 g/mol. The maximum absolute atomic E-state index is 6.51. The van der Waals surface area contributed by atoms with E-state index in [2.05, 4.69) is 95.7 Å². The van der Waals surface area contributed by atoms with Crippen LogP contribution in [0.25, 0.3) is 22.7 Å². The number of ether oxygens (including phenoxy) is 3. The van der Waals surface area contributed by atoms with Crippen molar-refractivity contribution in [2.75, 3.05) is 0 Å². The van der Waals surface area contributed by atoms with E-state index < -0.39 is 0 Å². The minimum absolute atomic E-state index is 0.0437. The molecule has 0 aliphatic carbocycles. The fourth-order valence-corrected chi connectivity index (χ4v) is 6.67. The smallest absolute Gasteiger partial charge is 0.211 e. The van der Waals surface area contributed by atoms with Crippen LogP contribution in [0.4, 0.5) is 0 Å². The predicted octanol–water partition coefficient (Wildman–Crippen LogP) is 7.22. The summed E-state index contributed by atoms with van der Waals surface area (Å²) < 4.78 is 19.5. The molecule has 0 N–H and O–H groups in total. The van der Waals surface area contributed by atoms with Crippen LogP contribution in [0.2, 0.25) is 0 Å². The lowest BCUT2D eigenvalue weighted by molar-refractivity contribution is -0.156. The first-order valence-corrected chi connectivity index (χ1v) is 12.8. The van der Waals surface area contributed by atoms with Gasteiger partial charge in [-0.15, -0.1) is 22.7 Å². The zero-order valence-corrected chi connectivity index (χ0v) is 19.2. The highest BCUT2D eigenvalue weighted by Gasteiger charge is 2.59. The van der Waals surface area contributed by atoms with Gasteiger partial charge in [0.1, 0.15) is 11.5 Å². The summed E-state index contributed by atoms with van der Waals surface area (Å²) in [6.07, 6.45) is -0.730. The summed E-state index contributed by atoms with van der Waals surface area (Å²) in [5.41, 5.74) is 4.77. The van der Waals surface area contributed by atoms with Gasteiger partial charge in [0.15, 0.2) is 0 Å². The van der Waals surface area contributed by atoms with Gasteiger partial charge in [-0.25, -0.2) is 0 Å². The normalized spacial score (nSPS) is 25.7. The Morgan fingerprint density at radius 3 is 1.36 bits per heavy atom. The van der Waals surface area contributed by atoms with Crippen molar-refractivity contribution >= 4 is 45.3 Å². The monoisotopic (exact) mass is 468 g/mol. The van der Waals surface area contributed by atoms with E-state index in [1.54, 1.807) is 22.7 Å². The summed E-state index contributed by atoms with van der Waals surface area (Å²) in [7, 11) is 0. The van der Waals surface area contributed by atoms with Crippen LogP contribution in [0, 0.1) is 11.8 Å². The highest BCUT2D eigenvalue weighted by Crippen LogP contribution is 2.60. The van der Waals surface area contributed by atoms with Crippen LogP contribution in [-0.4, -0.2) is 12.6 Å². The summed E-state index contributed by atoms with van der Waals surface area (Å²) in [5, 5.41) is 4.18. The van der Waals surface area contributed by atoms with Gasteiger partial charge in [-0.05, 0) is 34.0 Å². The first-order valence-electron chi connectivity index (χ1n) is 11.0. The minimum Gasteiger partial charge on any atom is -0.462 e. The first kappa shape index (κ1) is 19.4. The van der Waals surface area contributed by atoms with Crippen molar-refractivity contribution in [3.63, 3.8) is 0 Å². The Kier molecular flexibility index (Phi) is 4.54. The Labute approximate surface area is 200 Å². The summed E-state index contributed by atoms with van der Waals surface area (Å²) in [5.74, 6) is 1.95. The lowest BCUT2D eigenvalue weighted by Crippen LogP contribution is -2.20. The van der Waals surface area contributed by atoms with Gasteiger partial charge in [-0.2, -0.15) is 0 Å².